The maximum absolute atomic E-state index is 10.5. The first-order valence-corrected chi connectivity index (χ1v) is 6.32. The summed E-state index contributed by atoms with van der Waals surface area (Å²) in [7, 11) is 0. The van der Waals surface area contributed by atoms with Crippen molar-refractivity contribution in [1.29, 1.82) is 0 Å². The number of carbonyl (C=O) groups is 1. The number of nitrogens with two attached hydrogens (primary N) is 1. The number of rotatable bonds is 5. The number of carbonyl (C=O) groups excluding carboxylic acids is 1. The third-order valence-corrected chi connectivity index (χ3v) is 2.73. The predicted molar refractivity (Wildman–Crippen MR) is 77.5 cm³/mol. The second-order valence-electron chi connectivity index (χ2n) is 4.04. The fourth-order valence-electron chi connectivity index (χ4n) is 1.55. The van der Waals surface area contributed by atoms with Gasteiger partial charge in [-0.05, 0) is 42.0 Å². The summed E-state index contributed by atoms with van der Waals surface area (Å²) in [6.45, 7) is 0.476. The summed E-state index contributed by atoms with van der Waals surface area (Å²) in [6.07, 6.45) is 0. The molecule has 2 aromatic carbocycles. The first-order chi connectivity index (χ1) is 9.63. The number of benzene rings is 2. The van der Waals surface area contributed by atoms with Crippen LogP contribution in [0.3, 0.4) is 0 Å². The van der Waals surface area contributed by atoms with Crippen LogP contribution in [0.25, 0.3) is 0 Å². The second-order valence-corrected chi connectivity index (χ2v) is 4.48. The average molecular weight is 292 g/mol. The van der Waals surface area contributed by atoms with Crippen molar-refractivity contribution < 1.29 is 9.53 Å². The van der Waals surface area contributed by atoms with Crippen LogP contribution in [0.1, 0.15) is 5.56 Å². The molecule has 0 unspecified atom stereocenters. The molecule has 4 N–H and O–H groups in total. The molecule has 0 saturated carbocycles. The summed E-state index contributed by atoms with van der Waals surface area (Å²) in [5, 5.41) is 0.667. The fraction of sp³-hybridized carbons (Fsp3) is 0.0714. The SMILES string of the molecule is NC(=O)NNCc1ccc(Oc2ccc(Cl)cc2)cc1. The van der Waals surface area contributed by atoms with Gasteiger partial charge in [-0.2, -0.15) is 0 Å². The molecule has 0 aliphatic carbocycles. The molecule has 0 aliphatic rings. The van der Waals surface area contributed by atoms with E-state index < -0.39 is 6.03 Å². The number of urea groups is 1. The van der Waals surface area contributed by atoms with E-state index in [4.69, 9.17) is 22.1 Å². The third kappa shape index (κ3) is 4.46. The van der Waals surface area contributed by atoms with E-state index in [0.29, 0.717) is 11.6 Å². The van der Waals surface area contributed by atoms with Gasteiger partial charge in [0.1, 0.15) is 11.5 Å². The highest BCUT2D eigenvalue weighted by Gasteiger charge is 1.99. The Morgan fingerprint density at radius 3 is 2.15 bits per heavy atom. The van der Waals surface area contributed by atoms with Crippen molar-refractivity contribution in [3.8, 4) is 11.5 Å². The smallest absolute Gasteiger partial charge is 0.326 e. The van der Waals surface area contributed by atoms with Crippen LogP contribution >= 0.6 is 11.6 Å². The van der Waals surface area contributed by atoms with E-state index in [9.17, 15) is 4.79 Å². The van der Waals surface area contributed by atoms with Crippen molar-refractivity contribution in [3.05, 3.63) is 59.1 Å². The molecule has 5 nitrogen and oxygen atoms in total. The molecule has 0 radical (unpaired) electrons. The Bertz CT molecular complexity index is 570. The van der Waals surface area contributed by atoms with E-state index >= 15 is 0 Å². The molecule has 0 bridgehead atoms. The number of halogens is 1. The summed E-state index contributed by atoms with van der Waals surface area (Å²) in [5.74, 6) is 1.44. The van der Waals surface area contributed by atoms with E-state index in [1.165, 1.54) is 0 Å². The van der Waals surface area contributed by atoms with Gasteiger partial charge in [0.2, 0.25) is 0 Å². The standard InChI is InChI=1S/C14H14ClN3O2/c15-11-3-7-13(8-4-11)20-12-5-1-10(2-6-12)9-17-18-14(16)19/h1-8,17H,9H2,(H3,16,18,19). The molecule has 0 fully saturated rings. The lowest BCUT2D eigenvalue weighted by molar-refractivity contribution is 0.244. The molecule has 0 aromatic heterocycles. The number of amides is 2. The number of hydrazine groups is 1. The van der Waals surface area contributed by atoms with Gasteiger partial charge >= 0.3 is 6.03 Å². The highest BCUT2D eigenvalue weighted by Crippen LogP contribution is 2.23. The minimum atomic E-state index is -0.618. The molecule has 104 valence electrons. The summed E-state index contributed by atoms with van der Waals surface area (Å²) >= 11 is 5.80. The molecule has 2 amide bonds. The fourth-order valence-corrected chi connectivity index (χ4v) is 1.67. The van der Waals surface area contributed by atoms with Gasteiger partial charge < -0.3 is 10.5 Å². The molecular formula is C14H14ClN3O2. The van der Waals surface area contributed by atoms with Gasteiger partial charge in [-0.1, -0.05) is 23.7 Å². The quantitative estimate of drug-likeness (QED) is 0.741. The monoisotopic (exact) mass is 291 g/mol. The minimum Gasteiger partial charge on any atom is -0.457 e. The van der Waals surface area contributed by atoms with Gasteiger partial charge in [-0.15, -0.1) is 0 Å². The normalized spacial score (nSPS) is 10.1. The largest absolute Gasteiger partial charge is 0.457 e. The highest BCUT2D eigenvalue weighted by atomic mass is 35.5. The predicted octanol–water partition coefficient (Wildman–Crippen LogP) is 2.81. The molecule has 6 heteroatoms. The van der Waals surface area contributed by atoms with Gasteiger partial charge in [-0.25, -0.2) is 10.2 Å². The topological polar surface area (TPSA) is 76.4 Å². The number of ether oxygens (including phenoxy) is 1. The molecule has 2 rings (SSSR count). The molecule has 0 aliphatic heterocycles. The lowest BCUT2D eigenvalue weighted by atomic mass is 10.2. The molecule has 0 saturated heterocycles. The molecule has 0 spiro atoms. The van der Waals surface area contributed by atoms with Crippen molar-refractivity contribution in [2.75, 3.05) is 0 Å². The van der Waals surface area contributed by atoms with E-state index in [2.05, 4.69) is 10.9 Å². The number of nitrogens with one attached hydrogen (secondary N) is 2. The van der Waals surface area contributed by atoms with E-state index in [0.717, 1.165) is 17.1 Å². The Hall–Kier alpha value is -2.24. The van der Waals surface area contributed by atoms with E-state index in [1.807, 2.05) is 24.3 Å². The Morgan fingerprint density at radius 2 is 1.60 bits per heavy atom. The Kier molecular flexibility index (Phi) is 4.81. The third-order valence-electron chi connectivity index (χ3n) is 2.48. The highest BCUT2D eigenvalue weighted by molar-refractivity contribution is 6.30. The first kappa shape index (κ1) is 14.2. The van der Waals surface area contributed by atoms with E-state index in [-0.39, 0.29) is 0 Å². The minimum absolute atomic E-state index is 0.476. The van der Waals surface area contributed by atoms with Crippen molar-refractivity contribution in [2.24, 2.45) is 5.73 Å². The van der Waals surface area contributed by atoms with Crippen LogP contribution in [0.5, 0.6) is 11.5 Å². The van der Waals surface area contributed by atoms with Crippen molar-refractivity contribution in [1.82, 2.24) is 10.9 Å². The van der Waals surface area contributed by atoms with Crippen molar-refractivity contribution in [2.45, 2.75) is 6.54 Å². The van der Waals surface area contributed by atoms with Gasteiger partial charge in [0, 0.05) is 11.6 Å². The summed E-state index contributed by atoms with van der Waals surface area (Å²) < 4.78 is 5.66. The molecule has 0 heterocycles. The van der Waals surface area contributed by atoms with Crippen LogP contribution in [-0.2, 0) is 6.54 Å². The second kappa shape index (κ2) is 6.79. The van der Waals surface area contributed by atoms with Crippen LogP contribution < -0.4 is 21.3 Å². The summed E-state index contributed by atoms with van der Waals surface area (Å²) in [6, 6.07) is 14.0. The first-order valence-electron chi connectivity index (χ1n) is 5.94. The van der Waals surface area contributed by atoms with Crippen LogP contribution in [-0.4, -0.2) is 6.03 Å². The molecular weight excluding hydrogens is 278 g/mol. The Balaban J connectivity index is 1.91. The lowest BCUT2D eigenvalue weighted by Gasteiger charge is -2.08. The van der Waals surface area contributed by atoms with Gasteiger partial charge in [0.15, 0.2) is 0 Å². The van der Waals surface area contributed by atoms with E-state index in [1.54, 1.807) is 24.3 Å². The Labute approximate surface area is 121 Å². The van der Waals surface area contributed by atoms with Crippen molar-refractivity contribution >= 4 is 17.6 Å². The maximum atomic E-state index is 10.5. The van der Waals surface area contributed by atoms with Gasteiger partial charge in [0.05, 0.1) is 0 Å². The zero-order valence-electron chi connectivity index (χ0n) is 10.6. The zero-order chi connectivity index (χ0) is 14.4. The summed E-state index contributed by atoms with van der Waals surface area (Å²) in [5.41, 5.74) is 10.9. The van der Waals surface area contributed by atoms with Crippen molar-refractivity contribution in [3.63, 3.8) is 0 Å². The molecule has 0 atom stereocenters. The molecule has 20 heavy (non-hydrogen) atoms. The molecule has 2 aromatic rings. The van der Waals surface area contributed by atoms with Gasteiger partial charge in [-0.3, -0.25) is 5.43 Å². The Morgan fingerprint density at radius 1 is 1.05 bits per heavy atom. The summed E-state index contributed by atoms with van der Waals surface area (Å²) in [4.78, 5) is 10.5. The number of hydrogen-bond donors (Lipinski definition) is 3. The van der Waals surface area contributed by atoms with Gasteiger partial charge in [0.25, 0.3) is 0 Å². The van der Waals surface area contributed by atoms with Crippen LogP contribution in [0, 0.1) is 0 Å². The maximum Gasteiger partial charge on any atom is 0.326 e. The lowest BCUT2D eigenvalue weighted by Crippen LogP contribution is -2.40. The average Bonchev–Trinajstić information content (AvgIpc) is 2.43. The van der Waals surface area contributed by atoms with Crippen LogP contribution in [0.15, 0.2) is 48.5 Å². The van der Waals surface area contributed by atoms with Crippen LogP contribution in [0.2, 0.25) is 5.02 Å². The number of primary amides is 1. The zero-order valence-corrected chi connectivity index (χ0v) is 11.4. The van der Waals surface area contributed by atoms with Crippen LogP contribution in [0.4, 0.5) is 4.79 Å². The number of hydrogen-bond acceptors (Lipinski definition) is 3.